The number of ether oxygens (including phenoxy) is 1. The van der Waals surface area contributed by atoms with E-state index in [9.17, 15) is 13.2 Å². The summed E-state index contributed by atoms with van der Waals surface area (Å²) in [4.78, 5) is 8.52. The van der Waals surface area contributed by atoms with E-state index < -0.39 is 12.7 Å². The molecule has 0 saturated heterocycles. The van der Waals surface area contributed by atoms with Crippen molar-refractivity contribution in [3.05, 3.63) is 48.3 Å². The van der Waals surface area contributed by atoms with Gasteiger partial charge in [0.25, 0.3) is 0 Å². The van der Waals surface area contributed by atoms with Gasteiger partial charge >= 0.3 is 6.18 Å². The second-order valence-electron chi connectivity index (χ2n) is 6.74. The number of aryl methyl sites for hydroxylation is 2. The monoisotopic (exact) mass is 417 g/mol. The van der Waals surface area contributed by atoms with Gasteiger partial charge in [0.2, 0.25) is 0 Å². The summed E-state index contributed by atoms with van der Waals surface area (Å²) in [5.74, 6) is 1.52. The summed E-state index contributed by atoms with van der Waals surface area (Å²) in [7, 11) is 1.54. The SMILES string of the molecule is COc1cc(Nc2nc(C)cc3cn(CC(F)(F)F)nc23)ccc1-n1cnc(C)n1. The maximum Gasteiger partial charge on any atom is 0.408 e. The lowest BCUT2D eigenvalue weighted by Gasteiger charge is -2.12. The molecule has 30 heavy (non-hydrogen) atoms. The summed E-state index contributed by atoms with van der Waals surface area (Å²) in [5.41, 5.74) is 2.33. The van der Waals surface area contributed by atoms with Crippen molar-refractivity contribution in [3.63, 3.8) is 0 Å². The molecule has 0 aliphatic rings. The molecule has 4 aromatic rings. The third-order valence-electron chi connectivity index (χ3n) is 4.30. The Kier molecular flexibility index (Phi) is 4.80. The number of aromatic nitrogens is 6. The fraction of sp³-hybridized carbons (Fsp3) is 0.263. The van der Waals surface area contributed by atoms with Crippen LogP contribution in [0, 0.1) is 13.8 Å². The Morgan fingerprint density at radius 3 is 2.60 bits per heavy atom. The second-order valence-corrected chi connectivity index (χ2v) is 6.74. The van der Waals surface area contributed by atoms with Gasteiger partial charge in [0.05, 0.1) is 7.11 Å². The molecule has 0 bridgehead atoms. The Balaban J connectivity index is 1.70. The highest BCUT2D eigenvalue weighted by Crippen LogP contribution is 2.30. The Bertz CT molecular complexity index is 1210. The molecule has 0 radical (unpaired) electrons. The van der Waals surface area contributed by atoms with Crippen molar-refractivity contribution in [1.82, 2.24) is 29.5 Å². The highest BCUT2D eigenvalue weighted by atomic mass is 19.4. The lowest BCUT2D eigenvalue weighted by atomic mass is 10.2. The number of pyridine rings is 1. The van der Waals surface area contributed by atoms with E-state index >= 15 is 0 Å². The number of halogens is 3. The maximum atomic E-state index is 12.7. The predicted molar refractivity (Wildman–Crippen MR) is 104 cm³/mol. The van der Waals surface area contributed by atoms with Crippen molar-refractivity contribution in [2.45, 2.75) is 26.6 Å². The Hall–Kier alpha value is -3.63. The molecule has 0 fully saturated rings. The summed E-state index contributed by atoms with van der Waals surface area (Å²) in [6, 6.07) is 7.02. The quantitative estimate of drug-likeness (QED) is 0.530. The first-order valence-electron chi connectivity index (χ1n) is 8.97. The van der Waals surface area contributed by atoms with E-state index in [1.165, 1.54) is 13.3 Å². The Labute approximate surface area is 169 Å². The number of fused-ring (bicyclic) bond motifs is 1. The van der Waals surface area contributed by atoms with Crippen molar-refractivity contribution in [2.75, 3.05) is 12.4 Å². The molecule has 0 spiro atoms. The van der Waals surface area contributed by atoms with Gasteiger partial charge in [0.1, 0.15) is 35.7 Å². The van der Waals surface area contributed by atoms with Crippen molar-refractivity contribution in [2.24, 2.45) is 0 Å². The van der Waals surface area contributed by atoms with Gasteiger partial charge in [-0.2, -0.15) is 23.4 Å². The van der Waals surface area contributed by atoms with Crippen molar-refractivity contribution < 1.29 is 17.9 Å². The Morgan fingerprint density at radius 1 is 1.13 bits per heavy atom. The molecule has 0 atom stereocenters. The number of alkyl halides is 3. The van der Waals surface area contributed by atoms with Crippen molar-refractivity contribution >= 4 is 22.4 Å². The zero-order valence-corrected chi connectivity index (χ0v) is 16.4. The fourth-order valence-corrected chi connectivity index (χ4v) is 3.11. The molecule has 4 rings (SSSR count). The average molecular weight is 417 g/mol. The first kappa shape index (κ1) is 19.7. The first-order chi connectivity index (χ1) is 14.2. The number of methoxy groups -OCH3 is 1. The van der Waals surface area contributed by atoms with E-state index in [0.29, 0.717) is 45.4 Å². The molecule has 11 heteroatoms. The number of nitrogens with zero attached hydrogens (tertiary/aromatic N) is 6. The van der Waals surface area contributed by atoms with Crippen LogP contribution in [0.1, 0.15) is 11.5 Å². The van der Waals surface area contributed by atoms with E-state index in [1.54, 1.807) is 49.1 Å². The summed E-state index contributed by atoms with van der Waals surface area (Å²) < 4.78 is 46.2. The average Bonchev–Trinajstić information content (AvgIpc) is 3.25. The molecular formula is C19H18F3N7O. The van der Waals surface area contributed by atoms with Gasteiger partial charge in [-0.1, -0.05) is 0 Å². The highest BCUT2D eigenvalue weighted by molar-refractivity contribution is 5.90. The third kappa shape index (κ3) is 4.04. The van der Waals surface area contributed by atoms with E-state index in [-0.39, 0.29) is 0 Å². The molecule has 0 saturated carbocycles. The topological polar surface area (TPSA) is 82.7 Å². The lowest BCUT2D eigenvalue weighted by Crippen LogP contribution is -2.17. The molecule has 0 unspecified atom stereocenters. The van der Waals surface area contributed by atoms with E-state index in [2.05, 4.69) is 25.5 Å². The molecule has 3 heterocycles. The molecule has 3 aromatic heterocycles. The smallest absolute Gasteiger partial charge is 0.408 e. The molecule has 0 aliphatic heterocycles. The van der Waals surface area contributed by atoms with Crippen LogP contribution in [0.5, 0.6) is 5.75 Å². The van der Waals surface area contributed by atoms with Gasteiger partial charge in [0, 0.05) is 29.0 Å². The molecule has 156 valence electrons. The number of hydrogen-bond acceptors (Lipinski definition) is 6. The van der Waals surface area contributed by atoms with Crippen LogP contribution >= 0.6 is 0 Å². The van der Waals surface area contributed by atoms with Gasteiger partial charge in [0.15, 0.2) is 5.82 Å². The normalized spacial score (nSPS) is 11.8. The van der Waals surface area contributed by atoms with Crippen LogP contribution in [0.4, 0.5) is 24.7 Å². The van der Waals surface area contributed by atoms with E-state index in [4.69, 9.17) is 4.74 Å². The minimum atomic E-state index is -4.36. The number of anilines is 2. The van der Waals surface area contributed by atoms with Crippen LogP contribution in [-0.2, 0) is 6.54 Å². The Morgan fingerprint density at radius 2 is 1.93 bits per heavy atom. The fourth-order valence-electron chi connectivity index (χ4n) is 3.11. The molecule has 8 nitrogen and oxygen atoms in total. The number of benzene rings is 1. The van der Waals surface area contributed by atoms with Crippen LogP contribution in [0.3, 0.4) is 0 Å². The summed E-state index contributed by atoms with van der Waals surface area (Å²) >= 11 is 0. The molecular weight excluding hydrogens is 399 g/mol. The van der Waals surface area contributed by atoms with Crippen LogP contribution in [0.2, 0.25) is 0 Å². The largest absolute Gasteiger partial charge is 0.494 e. The van der Waals surface area contributed by atoms with Gasteiger partial charge in [-0.05, 0) is 32.0 Å². The summed E-state index contributed by atoms with van der Waals surface area (Å²) in [6.07, 6.45) is -1.42. The minimum absolute atomic E-state index is 0.347. The van der Waals surface area contributed by atoms with Crippen LogP contribution in [-0.4, -0.2) is 42.8 Å². The van der Waals surface area contributed by atoms with Gasteiger partial charge in [-0.25, -0.2) is 14.6 Å². The number of hydrogen-bond donors (Lipinski definition) is 1. The number of nitrogens with one attached hydrogen (secondary N) is 1. The summed E-state index contributed by atoms with van der Waals surface area (Å²) in [6.45, 7) is 2.38. The van der Waals surface area contributed by atoms with Gasteiger partial charge in [-0.15, -0.1) is 0 Å². The molecule has 1 aromatic carbocycles. The third-order valence-corrected chi connectivity index (χ3v) is 4.30. The van der Waals surface area contributed by atoms with E-state index in [1.807, 2.05) is 0 Å². The van der Waals surface area contributed by atoms with E-state index in [0.717, 1.165) is 4.68 Å². The van der Waals surface area contributed by atoms with Crippen LogP contribution < -0.4 is 10.1 Å². The van der Waals surface area contributed by atoms with Gasteiger partial charge < -0.3 is 10.1 Å². The zero-order chi connectivity index (χ0) is 21.5. The maximum absolute atomic E-state index is 12.7. The minimum Gasteiger partial charge on any atom is -0.494 e. The van der Waals surface area contributed by atoms with Crippen molar-refractivity contribution in [1.29, 1.82) is 0 Å². The van der Waals surface area contributed by atoms with Gasteiger partial charge in [-0.3, -0.25) is 4.68 Å². The predicted octanol–water partition coefficient (Wildman–Crippen LogP) is 3.94. The lowest BCUT2D eigenvalue weighted by molar-refractivity contribution is -0.142. The second kappa shape index (κ2) is 7.32. The summed E-state index contributed by atoms with van der Waals surface area (Å²) in [5, 5.41) is 12.0. The zero-order valence-electron chi connectivity index (χ0n) is 16.4. The first-order valence-corrected chi connectivity index (χ1v) is 8.97. The van der Waals surface area contributed by atoms with Crippen LogP contribution in [0.15, 0.2) is 36.8 Å². The number of rotatable bonds is 5. The molecule has 0 amide bonds. The molecule has 1 N–H and O–H groups in total. The highest BCUT2D eigenvalue weighted by Gasteiger charge is 2.28. The van der Waals surface area contributed by atoms with Crippen molar-refractivity contribution in [3.8, 4) is 11.4 Å². The van der Waals surface area contributed by atoms with Crippen LogP contribution in [0.25, 0.3) is 16.6 Å². The standard InChI is InChI=1S/C19H18F3N7O/c1-11-6-13-8-28(9-19(20,21)22)27-17(13)18(24-11)25-14-4-5-15(16(7-14)30-3)29-10-23-12(2)26-29/h4-8,10H,9H2,1-3H3,(H,24,25). The molecule has 0 aliphatic carbocycles.